The highest BCUT2D eigenvalue weighted by Crippen LogP contribution is 2.04. The van der Waals surface area contributed by atoms with Gasteiger partial charge in [-0.3, -0.25) is 14.5 Å². The Morgan fingerprint density at radius 2 is 1.86 bits per heavy atom. The fourth-order valence-corrected chi connectivity index (χ4v) is 2.23. The number of piperazine rings is 1. The summed E-state index contributed by atoms with van der Waals surface area (Å²) in [5.41, 5.74) is 0. The van der Waals surface area contributed by atoms with E-state index in [4.69, 9.17) is 4.74 Å². The van der Waals surface area contributed by atoms with E-state index in [0.29, 0.717) is 19.4 Å². The van der Waals surface area contributed by atoms with Crippen LogP contribution in [-0.4, -0.2) is 73.6 Å². The van der Waals surface area contributed by atoms with E-state index in [9.17, 15) is 9.59 Å². The molecule has 1 N–H and O–H groups in total. The Labute approximate surface area is 127 Å². The van der Waals surface area contributed by atoms with Crippen LogP contribution in [0.4, 0.5) is 0 Å². The zero-order valence-corrected chi connectivity index (χ0v) is 13.6. The molecule has 0 spiro atoms. The summed E-state index contributed by atoms with van der Waals surface area (Å²) in [5, 5.41) is 2.74. The molecule has 0 bridgehead atoms. The summed E-state index contributed by atoms with van der Waals surface area (Å²) in [7, 11) is 0. The van der Waals surface area contributed by atoms with Gasteiger partial charge in [-0.2, -0.15) is 0 Å². The second-order valence-electron chi connectivity index (χ2n) is 5.60. The van der Waals surface area contributed by atoms with Gasteiger partial charge in [-0.05, 0) is 13.8 Å². The lowest BCUT2D eigenvalue weighted by Crippen LogP contribution is -2.49. The molecule has 1 aliphatic heterocycles. The molecule has 0 aromatic carbocycles. The summed E-state index contributed by atoms with van der Waals surface area (Å²) in [5.74, 6) is 0.127. The molecular formula is C15H29N3O3. The maximum absolute atomic E-state index is 12.0. The molecule has 122 valence electrons. The minimum atomic E-state index is -0.00206. The molecule has 1 saturated heterocycles. The lowest BCUT2D eigenvalue weighted by Gasteiger charge is -2.34. The third-order valence-corrected chi connectivity index (χ3v) is 3.57. The minimum absolute atomic E-state index is 0.00206. The SMILES string of the molecule is CCC(=O)NCCC(=O)N1CCN(CCOC(C)C)CC1. The molecule has 0 atom stereocenters. The van der Waals surface area contributed by atoms with Crippen LogP contribution >= 0.6 is 0 Å². The Morgan fingerprint density at radius 3 is 2.43 bits per heavy atom. The van der Waals surface area contributed by atoms with Crippen molar-refractivity contribution in [3.8, 4) is 0 Å². The largest absolute Gasteiger partial charge is 0.377 e. The fourth-order valence-electron chi connectivity index (χ4n) is 2.23. The minimum Gasteiger partial charge on any atom is -0.377 e. The number of hydrogen-bond donors (Lipinski definition) is 1. The smallest absolute Gasteiger partial charge is 0.224 e. The number of nitrogens with zero attached hydrogens (tertiary/aromatic N) is 2. The van der Waals surface area contributed by atoms with Crippen molar-refractivity contribution in [1.82, 2.24) is 15.1 Å². The van der Waals surface area contributed by atoms with E-state index in [1.807, 2.05) is 18.7 Å². The van der Waals surface area contributed by atoms with Crippen LogP contribution in [0.15, 0.2) is 0 Å². The zero-order chi connectivity index (χ0) is 15.7. The van der Waals surface area contributed by atoms with Gasteiger partial charge in [-0.1, -0.05) is 6.92 Å². The summed E-state index contributed by atoms with van der Waals surface area (Å²) in [6, 6.07) is 0. The predicted octanol–water partition coefficient (Wildman–Crippen LogP) is 0.472. The Bertz CT molecular complexity index is 326. The Hall–Kier alpha value is -1.14. The quantitative estimate of drug-likeness (QED) is 0.708. The monoisotopic (exact) mass is 299 g/mol. The van der Waals surface area contributed by atoms with Gasteiger partial charge in [0.05, 0.1) is 12.7 Å². The fraction of sp³-hybridized carbons (Fsp3) is 0.867. The van der Waals surface area contributed by atoms with Gasteiger partial charge in [0.1, 0.15) is 0 Å². The van der Waals surface area contributed by atoms with Gasteiger partial charge in [0.15, 0.2) is 0 Å². The Kier molecular flexibility index (Phi) is 8.30. The highest BCUT2D eigenvalue weighted by molar-refractivity contribution is 5.79. The second kappa shape index (κ2) is 9.73. The van der Waals surface area contributed by atoms with E-state index in [1.165, 1.54) is 0 Å². The summed E-state index contributed by atoms with van der Waals surface area (Å²) in [4.78, 5) is 27.3. The number of amides is 2. The van der Waals surface area contributed by atoms with Crippen LogP contribution in [0.2, 0.25) is 0 Å². The molecule has 6 nitrogen and oxygen atoms in total. The standard InChI is InChI=1S/C15H29N3O3/c1-4-14(19)16-6-5-15(20)18-9-7-17(8-10-18)11-12-21-13(2)3/h13H,4-12H2,1-3H3,(H,16,19). The third kappa shape index (κ3) is 7.43. The van der Waals surface area contributed by atoms with Gasteiger partial charge < -0.3 is 15.0 Å². The van der Waals surface area contributed by atoms with Crippen LogP contribution in [0, 0.1) is 0 Å². The highest BCUT2D eigenvalue weighted by Gasteiger charge is 2.20. The molecule has 1 aliphatic rings. The number of carbonyl (C=O) groups is 2. The summed E-state index contributed by atoms with van der Waals surface area (Å²) in [6.45, 7) is 11.3. The number of nitrogens with one attached hydrogen (secondary N) is 1. The molecule has 0 aliphatic carbocycles. The number of rotatable bonds is 8. The van der Waals surface area contributed by atoms with Crippen molar-refractivity contribution < 1.29 is 14.3 Å². The van der Waals surface area contributed by atoms with Gasteiger partial charge in [-0.15, -0.1) is 0 Å². The van der Waals surface area contributed by atoms with E-state index in [2.05, 4.69) is 10.2 Å². The second-order valence-corrected chi connectivity index (χ2v) is 5.60. The van der Waals surface area contributed by atoms with Crippen LogP contribution in [0.5, 0.6) is 0 Å². The lowest BCUT2D eigenvalue weighted by atomic mass is 10.2. The van der Waals surface area contributed by atoms with Crippen molar-refractivity contribution in [1.29, 1.82) is 0 Å². The maximum atomic E-state index is 12.0. The van der Waals surface area contributed by atoms with Gasteiger partial charge in [0.25, 0.3) is 0 Å². The van der Waals surface area contributed by atoms with E-state index in [1.54, 1.807) is 6.92 Å². The Morgan fingerprint density at radius 1 is 1.19 bits per heavy atom. The van der Waals surface area contributed by atoms with Crippen LogP contribution in [0.3, 0.4) is 0 Å². The first-order valence-electron chi connectivity index (χ1n) is 7.91. The van der Waals surface area contributed by atoms with E-state index >= 15 is 0 Å². The molecule has 0 aromatic rings. The van der Waals surface area contributed by atoms with Crippen molar-refractivity contribution in [2.75, 3.05) is 45.9 Å². The van der Waals surface area contributed by atoms with Gasteiger partial charge >= 0.3 is 0 Å². The van der Waals surface area contributed by atoms with Crippen LogP contribution in [0.1, 0.15) is 33.6 Å². The van der Waals surface area contributed by atoms with E-state index in [0.717, 1.165) is 39.3 Å². The van der Waals surface area contributed by atoms with Crippen molar-refractivity contribution in [2.45, 2.75) is 39.7 Å². The average molecular weight is 299 g/mol. The van der Waals surface area contributed by atoms with Crippen molar-refractivity contribution >= 4 is 11.8 Å². The molecule has 21 heavy (non-hydrogen) atoms. The molecule has 1 heterocycles. The Balaban J connectivity index is 2.14. The van der Waals surface area contributed by atoms with Crippen LogP contribution < -0.4 is 5.32 Å². The van der Waals surface area contributed by atoms with Crippen molar-refractivity contribution in [3.63, 3.8) is 0 Å². The molecule has 1 fully saturated rings. The molecule has 0 aromatic heterocycles. The van der Waals surface area contributed by atoms with Crippen molar-refractivity contribution in [2.24, 2.45) is 0 Å². The number of ether oxygens (including phenoxy) is 1. The first kappa shape index (κ1) is 17.9. The molecule has 0 radical (unpaired) electrons. The number of carbonyl (C=O) groups excluding carboxylic acids is 2. The molecule has 0 unspecified atom stereocenters. The summed E-state index contributed by atoms with van der Waals surface area (Å²) < 4.78 is 5.54. The van der Waals surface area contributed by atoms with Crippen LogP contribution in [0.25, 0.3) is 0 Å². The molecule has 6 heteroatoms. The third-order valence-electron chi connectivity index (χ3n) is 3.57. The van der Waals surface area contributed by atoms with Gasteiger partial charge in [0.2, 0.25) is 11.8 Å². The number of hydrogen-bond acceptors (Lipinski definition) is 4. The van der Waals surface area contributed by atoms with Crippen LogP contribution in [-0.2, 0) is 14.3 Å². The predicted molar refractivity (Wildman–Crippen MR) is 82.0 cm³/mol. The molecule has 0 saturated carbocycles. The summed E-state index contributed by atoms with van der Waals surface area (Å²) in [6.07, 6.45) is 1.12. The normalized spacial score (nSPS) is 16.3. The zero-order valence-electron chi connectivity index (χ0n) is 13.6. The molecular weight excluding hydrogens is 270 g/mol. The average Bonchev–Trinajstić information content (AvgIpc) is 2.47. The maximum Gasteiger partial charge on any atom is 0.224 e. The topological polar surface area (TPSA) is 61.9 Å². The first-order valence-corrected chi connectivity index (χ1v) is 7.91. The van der Waals surface area contributed by atoms with E-state index in [-0.39, 0.29) is 17.9 Å². The van der Waals surface area contributed by atoms with Crippen molar-refractivity contribution in [3.05, 3.63) is 0 Å². The lowest BCUT2D eigenvalue weighted by molar-refractivity contribution is -0.133. The van der Waals surface area contributed by atoms with E-state index < -0.39 is 0 Å². The highest BCUT2D eigenvalue weighted by atomic mass is 16.5. The van der Waals surface area contributed by atoms with Gasteiger partial charge in [-0.25, -0.2) is 0 Å². The summed E-state index contributed by atoms with van der Waals surface area (Å²) >= 11 is 0. The molecule has 2 amide bonds. The molecule has 1 rings (SSSR count). The van der Waals surface area contributed by atoms with Gasteiger partial charge in [0, 0.05) is 52.1 Å². The first-order chi connectivity index (χ1) is 10.0.